The van der Waals surface area contributed by atoms with Crippen molar-refractivity contribution in [3.8, 4) is 0 Å². The third-order valence-corrected chi connectivity index (χ3v) is 4.28. The third-order valence-electron chi connectivity index (χ3n) is 2.40. The van der Waals surface area contributed by atoms with Crippen LogP contribution in [0.1, 0.15) is 6.92 Å². The molecule has 0 spiro atoms. The number of hydrogen-bond acceptors (Lipinski definition) is 4. The second-order valence-corrected chi connectivity index (χ2v) is 6.01. The summed E-state index contributed by atoms with van der Waals surface area (Å²) in [7, 11) is 0. The lowest BCUT2D eigenvalue weighted by molar-refractivity contribution is 0.630. The van der Waals surface area contributed by atoms with Crippen LogP contribution in [0.5, 0.6) is 0 Å². The summed E-state index contributed by atoms with van der Waals surface area (Å²) in [5.41, 5.74) is 0.858. The van der Waals surface area contributed by atoms with Crippen LogP contribution in [0.25, 0.3) is 10.2 Å². The Balaban J connectivity index is 2.04. The fourth-order valence-electron chi connectivity index (χ4n) is 1.58. The van der Waals surface area contributed by atoms with E-state index in [0.29, 0.717) is 5.92 Å². The molecule has 0 aliphatic rings. The van der Waals surface area contributed by atoms with Crippen molar-refractivity contribution < 1.29 is 4.39 Å². The zero-order valence-electron chi connectivity index (χ0n) is 9.87. The average molecular weight is 270 g/mol. The van der Waals surface area contributed by atoms with Crippen LogP contribution in [0.3, 0.4) is 0 Å². The Morgan fingerprint density at radius 2 is 2.35 bits per heavy atom. The van der Waals surface area contributed by atoms with E-state index in [-0.39, 0.29) is 5.82 Å². The number of benzene rings is 1. The molecule has 1 atom stereocenters. The Labute approximate surface area is 109 Å². The Kier molecular flexibility index (Phi) is 4.23. The molecule has 1 unspecified atom stereocenters. The summed E-state index contributed by atoms with van der Waals surface area (Å²) in [6.45, 7) is 3.11. The summed E-state index contributed by atoms with van der Waals surface area (Å²) >= 11 is 3.35. The second-order valence-electron chi connectivity index (χ2n) is 4.07. The molecule has 0 amide bonds. The highest BCUT2D eigenvalue weighted by molar-refractivity contribution is 7.98. The molecule has 0 radical (unpaired) electrons. The lowest BCUT2D eigenvalue weighted by Gasteiger charge is -2.09. The third kappa shape index (κ3) is 3.33. The second kappa shape index (κ2) is 5.69. The van der Waals surface area contributed by atoms with Crippen LogP contribution in [0.4, 0.5) is 9.52 Å². The SMILES string of the molecule is CSCC(C)CNc1nc2ccc(F)cc2s1. The van der Waals surface area contributed by atoms with Crippen LogP contribution in [0, 0.1) is 11.7 Å². The van der Waals surface area contributed by atoms with Crippen LogP contribution in [-0.2, 0) is 0 Å². The van der Waals surface area contributed by atoms with Crippen molar-refractivity contribution >= 4 is 38.4 Å². The van der Waals surface area contributed by atoms with Crippen molar-refractivity contribution in [2.75, 3.05) is 23.9 Å². The molecule has 0 saturated carbocycles. The molecule has 2 aromatic rings. The molecule has 92 valence electrons. The molecule has 0 fully saturated rings. The minimum Gasteiger partial charge on any atom is -0.361 e. The molecule has 1 N–H and O–H groups in total. The first-order valence-electron chi connectivity index (χ1n) is 5.48. The van der Waals surface area contributed by atoms with E-state index < -0.39 is 0 Å². The molecule has 1 aromatic carbocycles. The fraction of sp³-hybridized carbons (Fsp3) is 0.417. The first-order valence-corrected chi connectivity index (χ1v) is 7.69. The number of fused-ring (bicyclic) bond motifs is 1. The van der Waals surface area contributed by atoms with E-state index in [2.05, 4.69) is 23.5 Å². The molecule has 0 saturated heterocycles. The first kappa shape index (κ1) is 12.6. The number of halogens is 1. The molecule has 0 bridgehead atoms. The maximum Gasteiger partial charge on any atom is 0.183 e. The summed E-state index contributed by atoms with van der Waals surface area (Å²) in [6, 6.07) is 4.70. The van der Waals surface area contributed by atoms with Gasteiger partial charge in [-0.15, -0.1) is 0 Å². The lowest BCUT2D eigenvalue weighted by atomic mass is 10.2. The molecule has 17 heavy (non-hydrogen) atoms. The number of rotatable bonds is 5. The van der Waals surface area contributed by atoms with Crippen molar-refractivity contribution in [2.45, 2.75) is 6.92 Å². The van der Waals surface area contributed by atoms with Gasteiger partial charge in [-0.05, 0) is 36.1 Å². The van der Waals surface area contributed by atoms with E-state index in [1.165, 1.54) is 23.5 Å². The van der Waals surface area contributed by atoms with Crippen molar-refractivity contribution in [1.82, 2.24) is 4.98 Å². The van der Waals surface area contributed by atoms with Crippen molar-refractivity contribution in [3.05, 3.63) is 24.0 Å². The number of anilines is 1. The molecule has 0 aliphatic carbocycles. The van der Waals surface area contributed by atoms with Gasteiger partial charge in [0.25, 0.3) is 0 Å². The van der Waals surface area contributed by atoms with E-state index >= 15 is 0 Å². The topological polar surface area (TPSA) is 24.9 Å². The van der Waals surface area contributed by atoms with E-state index in [9.17, 15) is 4.39 Å². The molecule has 2 rings (SSSR count). The van der Waals surface area contributed by atoms with Gasteiger partial charge in [0.2, 0.25) is 0 Å². The largest absolute Gasteiger partial charge is 0.361 e. The fourth-order valence-corrected chi connectivity index (χ4v) is 3.16. The van der Waals surface area contributed by atoms with E-state index in [1.54, 1.807) is 6.07 Å². The van der Waals surface area contributed by atoms with Gasteiger partial charge >= 0.3 is 0 Å². The maximum absolute atomic E-state index is 13.0. The Bertz CT molecular complexity index is 498. The van der Waals surface area contributed by atoms with Gasteiger partial charge in [-0.2, -0.15) is 11.8 Å². The lowest BCUT2D eigenvalue weighted by Crippen LogP contribution is -2.12. The van der Waals surface area contributed by atoms with Gasteiger partial charge in [-0.1, -0.05) is 18.3 Å². The highest BCUT2D eigenvalue weighted by atomic mass is 32.2. The quantitative estimate of drug-likeness (QED) is 0.893. The Morgan fingerprint density at radius 3 is 3.12 bits per heavy atom. The number of thioether (sulfide) groups is 1. The molecular formula is C12H15FN2S2. The van der Waals surface area contributed by atoms with Gasteiger partial charge in [0.05, 0.1) is 10.2 Å². The van der Waals surface area contributed by atoms with E-state index in [1.807, 2.05) is 11.8 Å². The summed E-state index contributed by atoms with van der Waals surface area (Å²) in [5.74, 6) is 1.53. The summed E-state index contributed by atoms with van der Waals surface area (Å²) in [4.78, 5) is 4.42. The van der Waals surface area contributed by atoms with Crippen molar-refractivity contribution in [2.24, 2.45) is 5.92 Å². The number of nitrogens with zero attached hydrogens (tertiary/aromatic N) is 1. The average Bonchev–Trinajstić information content (AvgIpc) is 2.68. The number of aromatic nitrogens is 1. The first-order chi connectivity index (χ1) is 8.19. The molecular weight excluding hydrogens is 255 g/mol. The summed E-state index contributed by atoms with van der Waals surface area (Å²) in [6.07, 6.45) is 2.11. The van der Waals surface area contributed by atoms with Gasteiger partial charge < -0.3 is 5.32 Å². The number of hydrogen-bond donors (Lipinski definition) is 1. The van der Waals surface area contributed by atoms with Crippen LogP contribution in [-0.4, -0.2) is 23.5 Å². The predicted octanol–water partition coefficient (Wildman–Crippen LogP) is 3.85. The van der Waals surface area contributed by atoms with Gasteiger partial charge in [0.1, 0.15) is 5.82 Å². The van der Waals surface area contributed by atoms with Crippen LogP contribution in [0.15, 0.2) is 18.2 Å². The Hall–Kier alpha value is -0.810. The standard InChI is InChI=1S/C12H15FN2S2/c1-8(7-16-2)6-14-12-15-10-4-3-9(13)5-11(10)17-12/h3-5,8H,6-7H2,1-2H3,(H,14,15). The molecule has 1 aromatic heterocycles. The van der Waals surface area contributed by atoms with Gasteiger partial charge in [-0.25, -0.2) is 9.37 Å². The smallest absolute Gasteiger partial charge is 0.183 e. The number of thiazole rings is 1. The van der Waals surface area contributed by atoms with Gasteiger partial charge in [-0.3, -0.25) is 0 Å². The summed E-state index contributed by atoms with van der Waals surface area (Å²) in [5, 5.41) is 4.18. The summed E-state index contributed by atoms with van der Waals surface area (Å²) < 4.78 is 13.9. The van der Waals surface area contributed by atoms with Crippen molar-refractivity contribution in [1.29, 1.82) is 0 Å². The maximum atomic E-state index is 13.0. The molecule has 5 heteroatoms. The zero-order valence-corrected chi connectivity index (χ0v) is 11.5. The van der Waals surface area contributed by atoms with Gasteiger partial charge in [0.15, 0.2) is 5.13 Å². The molecule has 2 nitrogen and oxygen atoms in total. The minimum absolute atomic E-state index is 0.205. The van der Waals surface area contributed by atoms with Crippen LogP contribution < -0.4 is 5.32 Å². The number of nitrogens with one attached hydrogen (secondary N) is 1. The minimum atomic E-state index is -0.205. The predicted molar refractivity (Wildman–Crippen MR) is 75.6 cm³/mol. The van der Waals surface area contributed by atoms with Gasteiger partial charge in [0, 0.05) is 6.54 Å². The van der Waals surface area contributed by atoms with E-state index in [4.69, 9.17) is 0 Å². The van der Waals surface area contributed by atoms with Crippen LogP contribution >= 0.6 is 23.1 Å². The van der Waals surface area contributed by atoms with Crippen molar-refractivity contribution in [3.63, 3.8) is 0 Å². The Morgan fingerprint density at radius 1 is 1.53 bits per heavy atom. The monoisotopic (exact) mass is 270 g/mol. The normalized spacial score (nSPS) is 12.9. The highest BCUT2D eigenvalue weighted by Crippen LogP contribution is 2.26. The zero-order chi connectivity index (χ0) is 12.3. The molecule has 0 aliphatic heterocycles. The molecule has 1 heterocycles. The van der Waals surface area contributed by atoms with E-state index in [0.717, 1.165) is 27.6 Å². The van der Waals surface area contributed by atoms with Crippen LogP contribution in [0.2, 0.25) is 0 Å². The highest BCUT2D eigenvalue weighted by Gasteiger charge is 2.06.